The van der Waals surface area contributed by atoms with Gasteiger partial charge in [0.15, 0.2) is 5.82 Å². The third kappa shape index (κ3) is 5.06. The van der Waals surface area contributed by atoms with Gasteiger partial charge in [-0.15, -0.1) is 0 Å². The van der Waals surface area contributed by atoms with Crippen LogP contribution in [0.5, 0.6) is 5.88 Å². The van der Waals surface area contributed by atoms with E-state index in [9.17, 15) is 0 Å². The van der Waals surface area contributed by atoms with E-state index >= 15 is 0 Å². The molecule has 126 valence electrons. The van der Waals surface area contributed by atoms with Crippen LogP contribution in [-0.4, -0.2) is 47.0 Å². The second-order valence-electron chi connectivity index (χ2n) is 5.29. The number of nitrogen functional groups attached to an aromatic ring is 1. The molecule has 0 saturated carbocycles. The third-order valence-corrected chi connectivity index (χ3v) is 2.87. The molecule has 0 aliphatic carbocycles. The lowest BCUT2D eigenvalue weighted by Gasteiger charge is -2.17. The minimum absolute atomic E-state index is 0.00161. The van der Waals surface area contributed by atoms with Crippen molar-refractivity contribution in [2.45, 2.75) is 32.9 Å². The molecule has 0 aliphatic rings. The van der Waals surface area contributed by atoms with Crippen LogP contribution in [0.15, 0.2) is 10.6 Å². The molecule has 0 amide bonds. The summed E-state index contributed by atoms with van der Waals surface area (Å²) in [6.45, 7) is 4.79. The van der Waals surface area contributed by atoms with E-state index in [4.69, 9.17) is 19.7 Å². The summed E-state index contributed by atoms with van der Waals surface area (Å²) in [5.41, 5.74) is 5.73. The highest BCUT2D eigenvalue weighted by atomic mass is 16.5. The topological polar surface area (TPSA) is 112 Å². The van der Waals surface area contributed by atoms with E-state index in [1.807, 2.05) is 25.8 Å². The molecule has 2 aromatic rings. The molecule has 2 rings (SSSR count). The molecule has 0 saturated heterocycles. The fraction of sp³-hybridized carbons (Fsp3) is 0.571. The van der Waals surface area contributed by atoms with Gasteiger partial charge in [-0.2, -0.15) is 15.0 Å². The maximum atomic E-state index is 5.73. The predicted octanol–water partition coefficient (Wildman–Crippen LogP) is 1.05. The molecule has 0 radical (unpaired) electrons. The van der Waals surface area contributed by atoms with Crippen LogP contribution >= 0.6 is 0 Å². The van der Waals surface area contributed by atoms with E-state index in [1.54, 1.807) is 13.2 Å². The van der Waals surface area contributed by atoms with E-state index in [2.05, 4.69) is 20.1 Å². The van der Waals surface area contributed by atoms with E-state index in [0.717, 1.165) is 0 Å². The van der Waals surface area contributed by atoms with Crippen LogP contribution in [-0.2, 0) is 17.7 Å². The minimum atomic E-state index is 0.00161. The van der Waals surface area contributed by atoms with Crippen molar-refractivity contribution < 1.29 is 14.0 Å². The molecule has 2 aromatic heterocycles. The van der Waals surface area contributed by atoms with Crippen molar-refractivity contribution >= 4 is 11.8 Å². The summed E-state index contributed by atoms with van der Waals surface area (Å²) >= 11 is 0. The number of rotatable bonds is 8. The Kier molecular flexibility index (Phi) is 5.69. The molecule has 9 heteroatoms. The Morgan fingerprint density at radius 2 is 2.09 bits per heavy atom. The molecule has 2 heterocycles. The highest BCUT2D eigenvalue weighted by Crippen LogP contribution is 2.20. The first-order valence-corrected chi connectivity index (χ1v) is 7.30. The molecule has 0 unspecified atom stereocenters. The van der Waals surface area contributed by atoms with Crippen LogP contribution in [0.3, 0.4) is 0 Å². The van der Waals surface area contributed by atoms with Gasteiger partial charge in [0.05, 0.1) is 19.3 Å². The first-order valence-electron chi connectivity index (χ1n) is 7.30. The van der Waals surface area contributed by atoms with Gasteiger partial charge in [0.1, 0.15) is 5.82 Å². The number of hydrogen-bond donors (Lipinski definition) is 1. The number of anilines is 2. The van der Waals surface area contributed by atoms with Crippen molar-refractivity contribution in [2.75, 3.05) is 31.4 Å². The number of methoxy groups -OCH3 is 1. The lowest BCUT2D eigenvalue weighted by Crippen LogP contribution is -2.19. The Hall–Kier alpha value is -2.42. The number of hydrogen-bond acceptors (Lipinski definition) is 9. The normalized spacial score (nSPS) is 11.0. The van der Waals surface area contributed by atoms with E-state index < -0.39 is 0 Å². The van der Waals surface area contributed by atoms with E-state index in [-0.39, 0.29) is 12.1 Å². The van der Waals surface area contributed by atoms with Gasteiger partial charge < -0.3 is 24.6 Å². The van der Waals surface area contributed by atoms with Crippen molar-refractivity contribution in [1.82, 2.24) is 20.1 Å². The van der Waals surface area contributed by atoms with Crippen molar-refractivity contribution in [1.29, 1.82) is 0 Å². The molecule has 0 fully saturated rings. The minimum Gasteiger partial charge on any atom is -0.475 e. The summed E-state index contributed by atoms with van der Waals surface area (Å²) in [6, 6.07) is 1.72. The number of aromatic nitrogens is 4. The lowest BCUT2D eigenvalue weighted by molar-refractivity contribution is 0.199. The van der Waals surface area contributed by atoms with Crippen molar-refractivity contribution in [2.24, 2.45) is 0 Å². The van der Waals surface area contributed by atoms with Gasteiger partial charge in [-0.05, 0) is 13.8 Å². The van der Waals surface area contributed by atoms with Crippen LogP contribution in [0.4, 0.5) is 11.8 Å². The Bertz CT molecular complexity index is 631. The first kappa shape index (κ1) is 16.9. The molecule has 23 heavy (non-hydrogen) atoms. The van der Waals surface area contributed by atoms with Gasteiger partial charge >= 0.3 is 0 Å². The van der Waals surface area contributed by atoms with Crippen molar-refractivity contribution in [3.63, 3.8) is 0 Å². The Balaban J connectivity index is 2.06. The van der Waals surface area contributed by atoms with Crippen molar-refractivity contribution in [3.8, 4) is 5.88 Å². The second kappa shape index (κ2) is 7.73. The van der Waals surface area contributed by atoms with Crippen LogP contribution in [0.2, 0.25) is 0 Å². The standard InChI is InChI=1S/C14H22N6O3/c1-9(2)22-12-7-11(17-14(15)18-12)20(3)8-13-16-10(19-23-13)5-6-21-4/h7,9H,5-6,8H2,1-4H3,(H2,15,17,18). The zero-order chi connectivity index (χ0) is 16.8. The fourth-order valence-corrected chi connectivity index (χ4v) is 1.86. The van der Waals surface area contributed by atoms with Crippen LogP contribution in [0.25, 0.3) is 0 Å². The van der Waals surface area contributed by atoms with Gasteiger partial charge in [-0.3, -0.25) is 0 Å². The van der Waals surface area contributed by atoms with Gasteiger partial charge in [-0.1, -0.05) is 5.16 Å². The Labute approximate surface area is 134 Å². The summed E-state index contributed by atoms with van der Waals surface area (Å²) in [5.74, 6) is 2.30. The van der Waals surface area contributed by atoms with E-state index in [1.165, 1.54) is 0 Å². The summed E-state index contributed by atoms with van der Waals surface area (Å²) in [5, 5.41) is 3.90. The number of ether oxygens (including phenoxy) is 2. The summed E-state index contributed by atoms with van der Waals surface area (Å²) < 4.78 is 15.8. The average Bonchev–Trinajstić information content (AvgIpc) is 2.91. The highest BCUT2D eigenvalue weighted by Gasteiger charge is 2.13. The van der Waals surface area contributed by atoms with Gasteiger partial charge in [-0.25, -0.2) is 0 Å². The molecule has 2 N–H and O–H groups in total. The SMILES string of the molecule is COCCc1noc(CN(C)c2cc(OC(C)C)nc(N)n2)n1. The smallest absolute Gasteiger partial charge is 0.246 e. The molecule has 0 aromatic carbocycles. The van der Waals surface area contributed by atoms with Gasteiger partial charge in [0.25, 0.3) is 0 Å². The summed E-state index contributed by atoms with van der Waals surface area (Å²) in [6.07, 6.45) is 0.609. The molecular formula is C14H22N6O3. The van der Waals surface area contributed by atoms with Gasteiger partial charge in [0.2, 0.25) is 17.7 Å². The molecule has 0 bridgehead atoms. The van der Waals surface area contributed by atoms with E-state index in [0.29, 0.717) is 43.0 Å². The summed E-state index contributed by atoms with van der Waals surface area (Å²) in [4.78, 5) is 14.4. The lowest BCUT2D eigenvalue weighted by atomic mass is 10.4. The highest BCUT2D eigenvalue weighted by molar-refractivity contribution is 5.44. The average molecular weight is 322 g/mol. The second-order valence-corrected chi connectivity index (χ2v) is 5.29. The first-order chi connectivity index (χ1) is 11.0. The largest absolute Gasteiger partial charge is 0.475 e. The Morgan fingerprint density at radius 1 is 1.30 bits per heavy atom. The number of nitrogens with zero attached hydrogens (tertiary/aromatic N) is 5. The predicted molar refractivity (Wildman–Crippen MR) is 84.2 cm³/mol. The molecule has 0 atom stereocenters. The maximum Gasteiger partial charge on any atom is 0.246 e. The van der Waals surface area contributed by atoms with Crippen LogP contribution in [0, 0.1) is 0 Å². The fourth-order valence-electron chi connectivity index (χ4n) is 1.86. The molecule has 9 nitrogen and oxygen atoms in total. The quantitative estimate of drug-likeness (QED) is 0.762. The maximum absolute atomic E-state index is 5.73. The van der Waals surface area contributed by atoms with Gasteiger partial charge in [0, 0.05) is 26.6 Å². The third-order valence-electron chi connectivity index (χ3n) is 2.87. The molecule has 0 spiro atoms. The zero-order valence-corrected chi connectivity index (χ0v) is 13.8. The number of nitrogens with two attached hydrogens (primary N) is 1. The van der Waals surface area contributed by atoms with Crippen LogP contribution in [0.1, 0.15) is 25.6 Å². The summed E-state index contributed by atoms with van der Waals surface area (Å²) in [7, 11) is 3.48. The molecule has 0 aliphatic heterocycles. The molecular weight excluding hydrogens is 300 g/mol. The zero-order valence-electron chi connectivity index (χ0n) is 13.8. The van der Waals surface area contributed by atoms with Crippen LogP contribution < -0.4 is 15.4 Å². The monoisotopic (exact) mass is 322 g/mol. The van der Waals surface area contributed by atoms with Crippen molar-refractivity contribution in [3.05, 3.63) is 17.8 Å². The Morgan fingerprint density at radius 3 is 2.78 bits per heavy atom.